The SMILES string of the molecule is COC(OC)/C(C)=C/C=C/C=C(\C)C[P+](c1ccccc1)(c1ccccc1)c1ccccc1.[Br-]. The Balaban J connectivity index is 0.00000408. The molecule has 0 aliphatic heterocycles. The average molecular weight is 537 g/mol. The number of rotatable bonds is 10. The lowest BCUT2D eigenvalue weighted by molar-refractivity contribution is -0.0746. The lowest BCUT2D eigenvalue weighted by atomic mass is 10.2. The highest BCUT2D eigenvalue weighted by Gasteiger charge is 2.45. The number of halogens is 1. The molecule has 0 atom stereocenters. The average Bonchev–Trinajstić information content (AvgIpc) is 2.87. The first kappa shape index (κ1) is 28.0. The van der Waals surface area contributed by atoms with Gasteiger partial charge in [-0.25, -0.2) is 0 Å². The van der Waals surface area contributed by atoms with Crippen molar-refractivity contribution in [2.45, 2.75) is 20.1 Å². The molecule has 3 aromatic carbocycles. The van der Waals surface area contributed by atoms with E-state index in [9.17, 15) is 0 Å². The van der Waals surface area contributed by atoms with Crippen LogP contribution in [0.2, 0.25) is 0 Å². The number of methoxy groups -OCH3 is 2. The fourth-order valence-electron chi connectivity index (χ4n) is 4.17. The Morgan fingerprint density at radius 1 is 0.676 bits per heavy atom. The molecule has 0 aromatic heterocycles. The van der Waals surface area contributed by atoms with E-state index >= 15 is 0 Å². The van der Waals surface area contributed by atoms with E-state index in [2.05, 4.69) is 116 Å². The van der Waals surface area contributed by atoms with Crippen LogP contribution in [-0.4, -0.2) is 26.7 Å². The summed E-state index contributed by atoms with van der Waals surface area (Å²) in [7, 11) is 1.44. The van der Waals surface area contributed by atoms with Crippen LogP contribution in [0.1, 0.15) is 13.8 Å². The van der Waals surface area contributed by atoms with Gasteiger partial charge < -0.3 is 26.5 Å². The maximum atomic E-state index is 5.32. The van der Waals surface area contributed by atoms with Gasteiger partial charge in [0.2, 0.25) is 0 Å². The van der Waals surface area contributed by atoms with Crippen molar-refractivity contribution in [1.29, 1.82) is 0 Å². The number of benzene rings is 3. The Labute approximate surface area is 216 Å². The van der Waals surface area contributed by atoms with Crippen LogP contribution in [0.15, 0.2) is 126 Å². The number of hydrogen-bond donors (Lipinski definition) is 0. The van der Waals surface area contributed by atoms with E-state index < -0.39 is 7.26 Å². The van der Waals surface area contributed by atoms with Crippen molar-refractivity contribution < 1.29 is 26.5 Å². The van der Waals surface area contributed by atoms with Crippen molar-refractivity contribution in [1.82, 2.24) is 0 Å². The van der Waals surface area contributed by atoms with Gasteiger partial charge in [0, 0.05) is 14.2 Å². The van der Waals surface area contributed by atoms with E-state index in [-0.39, 0.29) is 23.3 Å². The van der Waals surface area contributed by atoms with E-state index in [4.69, 9.17) is 9.47 Å². The van der Waals surface area contributed by atoms with Crippen molar-refractivity contribution in [2.75, 3.05) is 20.4 Å². The Morgan fingerprint density at radius 3 is 1.44 bits per heavy atom. The number of ether oxygens (including phenoxy) is 2. The van der Waals surface area contributed by atoms with Crippen molar-refractivity contribution in [3.63, 3.8) is 0 Å². The summed E-state index contributed by atoms with van der Waals surface area (Å²) >= 11 is 0. The third kappa shape index (κ3) is 6.87. The second-order valence-electron chi connectivity index (χ2n) is 8.09. The summed E-state index contributed by atoms with van der Waals surface area (Å²) in [6.45, 7) is 4.24. The molecule has 0 spiro atoms. The number of allylic oxidation sites excluding steroid dienone is 5. The van der Waals surface area contributed by atoms with E-state index in [1.54, 1.807) is 14.2 Å². The lowest BCUT2D eigenvalue weighted by Gasteiger charge is -2.28. The van der Waals surface area contributed by atoms with Crippen LogP contribution in [0, 0.1) is 0 Å². The molecule has 0 N–H and O–H groups in total. The fourth-order valence-corrected chi connectivity index (χ4v) is 8.51. The molecule has 0 heterocycles. The molecule has 3 aromatic rings. The Hall–Kier alpha value is -2.29. The smallest absolute Gasteiger partial charge is 0.179 e. The molecule has 34 heavy (non-hydrogen) atoms. The predicted molar refractivity (Wildman–Crippen MR) is 144 cm³/mol. The van der Waals surface area contributed by atoms with Gasteiger partial charge >= 0.3 is 0 Å². The van der Waals surface area contributed by atoms with E-state index in [0.717, 1.165) is 11.7 Å². The third-order valence-electron chi connectivity index (χ3n) is 5.73. The highest BCUT2D eigenvalue weighted by Crippen LogP contribution is 2.56. The summed E-state index contributed by atoms with van der Waals surface area (Å²) in [5, 5.41) is 4.20. The van der Waals surface area contributed by atoms with Crippen molar-refractivity contribution >= 4 is 23.2 Å². The molecule has 0 fully saturated rings. The van der Waals surface area contributed by atoms with E-state index in [1.807, 2.05) is 13.0 Å². The van der Waals surface area contributed by atoms with Gasteiger partial charge in [-0.2, -0.15) is 0 Å². The van der Waals surface area contributed by atoms with Gasteiger partial charge in [-0.05, 0) is 61.4 Å². The van der Waals surface area contributed by atoms with Crippen LogP contribution in [0.3, 0.4) is 0 Å². The fraction of sp³-hybridized carbons (Fsp3) is 0.200. The molecular formula is C30H34BrO2P. The second-order valence-corrected chi connectivity index (χ2v) is 11.6. The van der Waals surface area contributed by atoms with Crippen LogP contribution in [0.25, 0.3) is 0 Å². The molecule has 3 rings (SSSR count). The molecule has 178 valence electrons. The molecule has 0 radical (unpaired) electrons. The van der Waals surface area contributed by atoms with Crippen molar-refractivity contribution in [3.8, 4) is 0 Å². The van der Waals surface area contributed by atoms with Gasteiger partial charge in [0.15, 0.2) is 6.29 Å². The molecule has 2 nitrogen and oxygen atoms in total. The number of hydrogen-bond acceptors (Lipinski definition) is 2. The Bertz CT molecular complexity index is 976. The Kier molecular flexibility index (Phi) is 11.7. The zero-order valence-corrected chi connectivity index (χ0v) is 22.9. The van der Waals surface area contributed by atoms with Crippen LogP contribution < -0.4 is 32.9 Å². The van der Waals surface area contributed by atoms with Gasteiger partial charge in [0.1, 0.15) is 23.2 Å². The maximum Gasteiger partial charge on any atom is 0.179 e. The predicted octanol–water partition coefficient (Wildman–Crippen LogP) is 3.05. The molecular weight excluding hydrogens is 503 g/mol. The van der Waals surface area contributed by atoms with Crippen molar-refractivity contribution in [3.05, 3.63) is 126 Å². The zero-order chi connectivity index (χ0) is 23.5. The lowest BCUT2D eigenvalue weighted by Crippen LogP contribution is -3.00. The van der Waals surface area contributed by atoms with Crippen LogP contribution in [0.4, 0.5) is 0 Å². The first-order valence-electron chi connectivity index (χ1n) is 11.2. The standard InChI is InChI=1S/C30H34O2P.BrH/c1-25(16-14-15-17-26(2)30(31-3)32-4)24-33(27-18-8-5-9-19-27,28-20-10-6-11-21-28)29-22-12-7-13-23-29;/h5-23,30H,24H2,1-4H3;1H/q+1;/p-1/b15-14+,25-16+,26-17+;. The normalized spacial score (nSPS) is 12.7. The zero-order valence-electron chi connectivity index (χ0n) is 20.4. The largest absolute Gasteiger partial charge is 1.00 e. The monoisotopic (exact) mass is 536 g/mol. The quantitative estimate of drug-likeness (QED) is 0.225. The van der Waals surface area contributed by atoms with E-state index in [1.165, 1.54) is 21.5 Å². The molecule has 0 aliphatic rings. The summed E-state index contributed by atoms with van der Waals surface area (Å²) in [6.07, 6.45) is 9.09. The minimum absolute atomic E-state index is 0. The van der Waals surface area contributed by atoms with Crippen LogP contribution in [0.5, 0.6) is 0 Å². The second kappa shape index (κ2) is 14.2. The highest BCUT2D eigenvalue weighted by molar-refractivity contribution is 7.95. The molecule has 0 aliphatic carbocycles. The van der Waals surface area contributed by atoms with Crippen LogP contribution in [-0.2, 0) is 9.47 Å². The highest BCUT2D eigenvalue weighted by atomic mass is 79.9. The molecule has 0 amide bonds. The third-order valence-corrected chi connectivity index (χ3v) is 10.2. The molecule has 4 heteroatoms. The maximum absolute atomic E-state index is 5.32. The molecule has 0 saturated carbocycles. The summed E-state index contributed by atoms with van der Waals surface area (Å²) < 4.78 is 10.6. The topological polar surface area (TPSA) is 18.5 Å². The van der Waals surface area contributed by atoms with Gasteiger partial charge in [0.05, 0.1) is 6.16 Å². The molecule has 0 bridgehead atoms. The molecule has 0 saturated heterocycles. The van der Waals surface area contributed by atoms with Gasteiger partial charge in [-0.1, -0.05) is 78.9 Å². The minimum Gasteiger partial charge on any atom is -1.00 e. The molecule has 0 unspecified atom stereocenters. The van der Waals surface area contributed by atoms with E-state index in [0.29, 0.717) is 0 Å². The van der Waals surface area contributed by atoms with Gasteiger partial charge in [-0.3, -0.25) is 0 Å². The summed E-state index contributed by atoms with van der Waals surface area (Å²) in [5.74, 6) is 0. The first-order valence-corrected chi connectivity index (χ1v) is 13.2. The summed E-state index contributed by atoms with van der Waals surface area (Å²) in [4.78, 5) is 0. The first-order chi connectivity index (χ1) is 16.1. The van der Waals surface area contributed by atoms with Crippen LogP contribution >= 0.6 is 7.26 Å². The summed E-state index contributed by atoms with van der Waals surface area (Å²) in [5.41, 5.74) is 2.37. The minimum atomic E-state index is -1.86. The van der Waals surface area contributed by atoms with Gasteiger partial charge in [0.25, 0.3) is 0 Å². The Morgan fingerprint density at radius 2 is 1.06 bits per heavy atom. The van der Waals surface area contributed by atoms with Crippen molar-refractivity contribution in [2.24, 2.45) is 0 Å². The summed E-state index contributed by atoms with van der Waals surface area (Å²) in [6, 6.07) is 33.0. The van der Waals surface area contributed by atoms with Gasteiger partial charge in [-0.15, -0.1) is 0 Å².